The number of benzene rings is 8. The first-order valence-corrected chi connectivity index (χ1v) is 20.6. The van der Waals surface area contributed by atoms with Gasteiger partial charge in [-0.1, -0.05) is 133 Å². The highest BCUT2D eigenvalue weighted by molar-refractivity contribution is 7.26. The lowest BCUT2D eigenvalue weighted by molar-refractivity contribution is 0.669. The molecule has 0 aliphatic rings. The van der Waals surface area contributed by atoms with E-state index in [1.807, 2.05) is 95.5 Å². The summed E-state index contributed by atoms with van der Waals surface area (Å²) in [5.41, 5.74) is 9.25. The second kappa shape index (κ2) is 12.8. The van der Waals surface area contributed by atoms with Crippen molar-refractivity contribution in [3.63, 3.8) is 0 Å². The smallest absolute Gasteiger partial charge is 0.164 e. The van der Waals surface area contributed by atoms with Gasteiger partial charge in [0, 0.05) is 73.4 Å². The average molecular weight is 764 g/mol. The number of aromatic nitrogens is 3. The zero-order valence-electron chi connectivity index (χ0n) is 30.3. The molecule has 0 aliphatic carbocycles. The molecule has 0 bridgehead atoms. The minimum atomic E-state index is 0.606. The Bertz CT molecular complexity index is 3470. The Balaban J connectivity index is 1.01. The summed E-state index contributed by atoms with van der Waals surface area (Å²) in [4.78, 5) is 15.1. The summed E-state index contributed by atoms with van der Waals surface area (Å²) in [6.45, 7) is 0. The van der Waals surface area contributed by atoms with Gasteiger partial charge < -0.3 is 4.42 Å². The van der Waals surface area contributed by atoms with Gasteiger partial charge in [0.05, 0.1) is 0 Å². The third kappa shape index (κ3) is 5.22. The van der Waals surface area contributed by atoms with E-state index in [4.69, 9.17) is 19.4 Å². The van der Waals surface area contributed by atoms with Crippen LogP contribution in [-0.4, -0.2) is 15.0 Å². The molecule has 12 aromatic rings. The van der Waals surface area contributed by atoms with Crippen molar-refractivity contribution in [2.24, 2.45) is 0 Å². The molecule has 0 radical (unpaired) electrons. The van der Waals surface area contributed by atoms with Crippen LogP contribution in [0.3, 0.4) is 0 Å². The van der Waals surface area contributed by atoms with Crippen LogP contribution in [-0.2, 0) is 0 Å². The van der Waals surface area contributed by atoms with Crippen LogP contribution in [0.15, 0.2) is 180 Å². The van der Waals surface area contributed by atoms with Crippen LogP contribution in [0.25, 0.3) is 119 Å². The van der Waals surface area contributed by atoms with Crippen molar-refractivity contribution < 1.29 is 4.42 Å². The lowest BCUT2D eigenvalue weighted by Crippen LogP contribution is -2.00. The van der Waals surface area contributed by atoms with E-state index in [1.165, 1.54) is 51.5 Å². The Morgan fingerprint density at radius 3 is 1.74 bits per heavy atom. The molecule has 4 heterocycles. The monoisotopic (exact) mass is 763 g/mol. The molecule has 4 nitrogen and oxygen atoms in total. The van der Waals surface area contributed by atoms with E-state index in [0.717, 1.165) is 49.8 Å². The second-order valence-corrected chi connectivity index (χ2v) is 16.4. The van der Waals surface area contributed by atoms with Gasteiger partial charge in [0.15, 0.2) is 17.5 Å². The van der Waals surface area contributed by atoms with Crippen molar-refractivity contribution in [1.29, 1.82) is 0 Å². The molecule has 57 heavy (non-hydrogen) atoms. The van der Waals surface area contributed by atoms with Crippen molar-refractivity contribution in [1.82, 2.24) is 15.0 Å². The molecular formula is C51H29N3OS2. The van der Waals surface area contributed by atoms with Crippen molar-refractivity contribution in [3.8, 4) is 56.4 Å². The Labute approximate surface area is 335 Å². The van der Waals surface area contributed by atoms with Gasteiger partial charge in [-0.25, -0.2) is 15.0 Å². The first-order valence-electron chi connectivity index (χ1n) is 18.9. The quantitative estimate of drug-likeness (QED) is 0.175. The summed E-state index contributed by atoms with van der Waals surface area (Å²) in [5.74, 6) is 1.86. The van der Waals surface area contributed by atoms with Crippen LogP contribution in [0.2, 0.25) is 0 Å². The summed E-state index contributed by atoms with van der Waals surface area (Å²) < 4.78 is 11.7. The van der Waals surface area contributed by atoms with E-state index < -0.39 is 0 Å². The molecular weight excluding hydrogens is 735 g/mol. The normalized spacial score (nSPS) is 11.9. The molecule has 0 atom stereocenters. The predicted octanol–water partition coefficient (Wildman–Crippen LogP) is 14.8. The minimum Gasteiger partial charge on any atom is -0.456 e. The molecule has 0 aliphatic heterocycles. The van der Waals surface area contributed by atoms with Crippen LogP contribution in [0.1, 0.15) is 0 Å². The lowest BCUT2D eigenvalue weighted by atomic mass is 9.97. The van der Waals surface area contributed by atoms with Gasteiger partial charge in [-0.3, -0.25) is 0 Å². The van der Waals surface area contributed by atoms with Gasteiger partial charge in [0.1, 0.15) is 11.2 Å². The number of furan rings is 1. The lowest BCUT2D eigenvalue weighted by Gasteiger charge is -2.09. The fraction of sp³-hybridized carbons (Fsp3) is 0. The third-order valence-corrected chi connectivity index (χ3v) is 13.3. The fourth-order valence-electron chi connectivity index (χ4n) is 8.31. The SMILES string of the molecule is c1ccc(-c2nc(-c3ccccc3)nc(-c3cccc4oc5ccc(-c6ccc7sc8c(-c9cccc%10sc%11ccccc%11c9%10)cccc8c7c6)cc5c34)n2)cc1. The first-order chi connectivity index (χ1) is 28.2. The Hall–Kier alpha value is -6.99. The number of hydrogen-bond acceptors (Lipinski definition) is 6. The number of rotatable bonds is 5. The summed E-state index contributed by atoms with van der Waals surface area (Å²) in [5, 5.41) is 7.22. The molecule has 0 saturated heterocycles. The Kier molecular flexibility index (Phi) is 7.24. The number of thiophene rings is 2. The minimum absolute atomic E-state index is 0.606. The standard InChI is InChI=1S/C51H29N3OS2/c1-3-12-30(13-4-1)49-52-50(31-14-5-2-6-15-31)54-51(53-49)38-20-10-21-42-46(38)40-29-32(24-26-41(40)55-42)33-25-27-44-39(28-33)36-19-9-18-35(48(36)57-44)34-17-11-23-45-47(34)37-16-7-8-22-43(37)56-45/h1-29H. The highest BCUT2D eigenvalue weighted by Crippen LogP contribution is 2.46. The Morgan fingerprint density at radius 2 is 0.930 bits per heavy atom. The van der Waals surface area contributed by atoms with E-state index in [2.05, 4.69) is 103 Å². The first kappa shape index (κ1) is 32.3. The number of fused-ring (bicyclic) bond motifs is 9. The van der Waals surface area contributed by atoms with Crippen LogP contribution >= 0.6 is 22.7 Å². The van der Waals surface area contributed by atoms with Gasteiger partial charge in [-0.05, 0) is 59.2 Å². The van der Waals surface area contributed by atoms with Crippen molar-refractivity contribution in [3.05, 3.63) is 176 Å². The second-order valence-electron chi connectivity index (χ2n) is 14.3. The molecule has 0 N–H and O–H groups in total. The topological polar surface area (TPSA) is 51.8 Å². The van der Waals surface area contributed by atoms with Gasteiger partial charge >= 0.3 is 0 Å². The highest BCUT2D eigenvalue weighted by Gasteiger charge is 2.20. The molecule has 0 amide bonds. The molecule has 8 aromatic carbocycles. The van der Waals surface area contributed by atoms with E-state index >= 15 is 0 Å². The molecule has 0 spiro atoms. The van der Waals surface area contributed by atoms with Crippen LogP contribution in [0, 0.1) is 0 Å². The molecule has 266 valence electrons. The van der Waals surface area contributed by atoms with Crippen molar-refractivity contribution >= 4 is 85.0 Å². The maximum Gasteiger partial charge on any atom is 0.164 e. The van der Waals surface area contributed by atoms with Gasteiger partial charge in [-0.15, -0.1) is 22.7 Å². The molecule has 4 aromatic heterocycles. The molecule has 12 rings (SSSR count). The van der Waals surface area contributed by atoms with Gasteiger partial charge in [0.2, 0.25) is 0 Å². The summed E-state index contributed by atoms with van der Waals surface area (Å²) >= 11 is 3.75. The van der Waals surface area contributed by atoms with Crippen molar-refractivity contribution in [2.75, 3.05) is 0 Å². The molecule has 6 heteroatoms. The van der Waals surface area contributed by atoms with E-state index in [9.17, 15) is 0 Å². The highest BCUT2D eigenvalue weighted by atomic mass is 32.1. The third-order valence-electron chi connectivity index (χ3n) is 11.0. The zero-order valence-corrected chi connectivity index (χ0v) is 31.9. The van der Waals surface area contributed by atoms with E-state index in [0.29, 0.717) is 17.5 Å². The van der Waals surface area contributed by atoms with E-state index in [1.54, 1.807) is 0 Å². The number of nitrogens with zero attached hydrogens (tertiary/aromatic N) is 3. The maximum absolute atomic E-state index is 6.49. The van der Waals surface area contributed by atoms with Crippen molar-refractivity contribution in [2.45, 2.75) is 0 Å². The Morgan fingerprint density at radius 1 is 0.333 bits per heavy atom. The van der Waals surface area contributed by atoms with Gasteiger partial charge in [-0.2, -0.15) is 0 Å². The molecule has 0 unspecified atom stereocenters. The summed E-state index contributed by atoms with van der Waals surface area (Å²) in [6.07, 6.45) is 0. The van der Waals surface area contributed by atoms with Crippen LogP contribution < -0.4 is 0 Å². The van der Waals surface area contributed by atoms with Crippen LogP contribution in [0.4, 0.5) is 0 Å². The molecule has 0 saturated carbocycles. The van der Waals surface area contributed by atoms with E-state index in [-0.39, 0.29) is 0 Å². The fourth-order valence-corrected chi connectivity index (χ4v) is 10.7. The van der Waals surface area contributed by atoms with Crippen LogP contribution in [0.5, 0.6) is 0 Å². The summed E-state index contributed by atoms with van der Waals surface area (Å²) in [6, 6.07) is 62.0. The zero-order chi connectivity index (χ0) is 37.5. The summed E-state index contributed by atoms with van der Waals surface area (Å²) in [7, 11) is 0. The largest absolute Gasteiger partial charge is 0.456 e. The number of hydrogen-bond donors (Lipinski definition) is 0. The molecule has 0 fully saturated rings. The van der Waals surface area contributed by atoms with Gasteiger partial charge in [0.25, 0.3) is 0 Å². The predicted molar refractivity (Wildman–Crippen MR) is 240 cm³/mol. The average Bonchev–Trinajstić information content (AvgIpc) is 3.97. The maximum atomic E-state index is 6.49.